The summed E-state index contributed by atoms with van der Waals surface area (Å²) >= 11 is 5.81. The van der Waals surface area contributed by atoms with Crippen molar-refractivity contribution >= 4 is 39.1 Å². The molecule has 3 aromatic carbocycles. The van der Waals surface area contributed by atoms with Crippen LogP contribution in [-0.4, -0.2) is 50.9 Å². The van der Waals surface area contributed by atoms with Crippen molar-refractivity contribution < 1.29 is 35.9 Å². The van der Waals surface area contributed by atoms with E-state index < -0.39 is 56.9 Å². The van der Waals surface area contributed by atoms with Crippen LogP contribution in [0.15, 0.2) is 77.7 Å². The number of ether oxygens (including phenoxy) is 1. The van der Waals surface area contributed by atoms with Gasteiger partial charge in [-0.05, 0) is 68.3 Å². The highest BCUT2D eigenvalue weighted by Gasteiger charge is 2.37. The summed E-state index contributed by atoms with van der Waals surface area (Å²) < 4.78 is 74.9. The normalized spacial score (nSPS) is 12.5. The number of hydrogen-bond acceptors (Lipinski definition) is 5. The molecule has 2 amide bonds. The fraction of sp³-hybridized carbons (Fsp3) is 0.333. The second-order valence-electron chi connectivity index (χ2n) is 9.95. The summed E-state index contributed by atoms with van der Waals surface area (Å²) in [7, 11) is -3.09. The van der Waals surface area contributed by atoms with Crippen LogP contribution in [0.3, 0.4) is 0 Å². The topological polar surface area (TPSA) is 96.0 Å². The number of sulfonamides is 1. The second kappa shape index (κ2) is 14.1. The molecule has 0 unspecified atom stereocenters. The third-order valence-electron chi connectivity index (χ3n) is 6.46. The Labute approximate surface area is 254 Å². The van der Waals surface area contributed by atoms with E-state index in [1.54, 1.807) is 51.1 Å². The molecule has 0 aliphatic rings. The molecule has 0 saturated heterocycles. The number of methoxy groups -OCH3 is 1. The van der Waals surface area contributed by atoms with Crippen molar-refractivity contribution in [2.75, 3.05) is 18.0 Å². The van der Waals surface area contributed by atoms with E-state index in [0.717, 1.165) is 12.1 Å². The Morgan fingerprint density at radius 3 is 2.26 bits per heavy atom. The van der Waals surface area contributed by atoms with Crippen LogP contribution in [0.5, 0.6) is 5.75 Å². The summed E-state index contributed by atoms with van der Waals surface area (Å²) in [5.41, 5.74) is -1.09. The molecule has 0 radical (unpaired) electrons. The fourth-order valence-electron chi connectivity index (χ4n) is 4.40. The number of rotatable bonds is 12. The zero-order chi connectivity index (χ0) is 31.9. The molecule has 1 N–H and O–H groups in total. The van der Waals surface area contributed by atoms with Crippen molar-refractivity contribution in [3.05, 3.63) is 88.9 Å². The summed E-state index contributed by atoms with van der Waals surface area (Å²) in [4.78, 5) is 28.3. The first-order chi connectivity index (χ1) is 20.2. The number of alkyl halides is 3. The Morgan fingerprint density at radius 2 is 1.67 bits per heavy atom. The lowest BCUT2D eigenvalue weighted by molar-refractivity contribution is -0.140. The number of nitrogens with zero attached hydrogens (tertiary/aromatic N) is 2. The number of hydrogen-bond donors (Lipinski definition) is 1. The van der Waals surface area contributed by atoms with Gasteiger partial charge in [-0.25, -0.2) is 8.42 Å². The molecule has 3 rings (SSSR count). The van der Waals surface area contributed by atoms with E-state index in [1.165, 1.54) is 36.3 Å². The van der Waals surface area contributed by atoms with Gasteiger partial charge < -0.3 is 15.0 Å². The quantitative estimate of drug-likeness (QED) is 0.267. The van der Waals surface area contributed by atoms with Gasteiger partial charge in [-0.3, -0.25) is 13.9 Å². The van der Waals surface area contributed by atoms with Crippen LogP contribution >= 0.6 is 11.6 Å². The van der Waals surface area contributed by atoms with Crippen LogP contribution in [0.25, 0.3) is 0 Å². The van der Waals surface area contributed by atoms with Crippen molar-refractivity contribution in [3.63, 3.8) is 0 Å². The maximum atomic E-state index is 14.1. The first kappa shape index (κ1) is 33.7. The van der Waals surface area contributed by atoms with Gasteiger partial charge in [-0.15, -0.1) is 0 Å². The van der Waals surface area contributed by atoms with Gasteiger partial charge in [0.25, 0.3) is 10.0 Å². The van der Waals surface area contributed by atoms with E-state index in [1.807, 2.05) is 0 Å². The van der Waals surface area contributed by atoms with Crippen molar-refractivity contribution in [1.29, 1.82) is 0 Å². The lowest BCUT2D eigenvalue weighted by Gasteiger charge is -2.33. The Morgan fingerprint density at radius 1 is 1.00 bits per heavy atom. The standard InChI is InChI=1S/C30H33ClF3N3O5S/c1-5-27(29(39)35-20(2)3)36(18-21-10-9-11-23(16-21)42-4)28(38)19-37(43(40,41)24-12-7-6-8-13-24)22-14-15-26(31)25(17-22)30(32,33)34/h6-17,20,27H,5,18-19H2,1-4H3,(H,35,39)/t27-/m1/s1. The van der Waals surface area contributed by atoms with Crippen LogP contribution in [0.4, 0.5) is 18.9 Å². The fourth-order valence-corrected chi connectivity index (χ4v) is 6.05. The second-order valence-corrected chi connectivity index (χ2v) is 12.2. The van der Waals surface area contributed by atoms with E-state index in [2.05, 4.69) is 5.32 Å². The minimum atomic E-state index is -4.89. The third-order valence-corrected chi connectivity index (χ3v) is 8.57. The maximum absolute atomic E-state index is 14.1. The molecule has 0 fully saturated rings. The Kier molecular flexibility index (Phi) is 11.1. The van der Waals surface area contributed by atoms with Gasteiger partial charge in [0.05, 0.1) is 28.3 Å². The average molecular weight is 640 g/mol. The van der Waals surface area contributed by atoms with Crippen LogP contribution in [0.1, 0.15) is 38.3 Å². The van der Waals surface area contributed by atoms with E-state index in [-0.39, 0.29) is 23.9 Å². The van der Waals surface area contributed by atoms with E-state index in [4.69, 9.17) is 16.3 Å². The van der Waals surface area contributed by atoms with E-state index >= 15 is 0 Å². The van der Waals surface area contributed by atoms with Crippen molar-refractivity contribution in [2.45, 2.75) is 56.9 Å². The Hall–Kier alpha value is -3.77. The molecular weight excluding hydrogens is 607 g/mol. The highest BCUT2D eigenvalue weighted by molar-refractivity contribution is 7.92. The molecule has 8 nitrogen and oxygen atoms in total. The average Bonchev–Trinajstić information content (AvgIpc) is 2.95. The lowest BCUT2D eigenvalue weighted by Crippen LogP contribution is -2.53. The minimum absolute atomic E-state index is 0.103. The first-order valence-corrected chi connectivity index (χ1v) is 15.2. The number of carbonyl (C=O) groups excluding carboxylic acids is 2. The highest BCUT2D eigenvalue weighted by Crippen LogP contribution is 2.38. The van der Waals surface area contributed by atoms with E-state index in [9.17, 15) is 31.2 Å². The number of nitrogens with one attached hydrogen (secondary N) is 1. The largest absolute Gasteiger partial charge is 0.497 e. The predicted octanol–water partition coefficient (Wildman–Crippen LogP) is 5.89. The van der Waals surface area contributed by atoms with Crippen LogP contribution < -0.4 is 14.4 Å². The molecule has 3 aromatic rings. The molecule has 0 aliphatic carbocycles. The van der Waals surface area contributed by atoms with Crippen LogP contribution in [0.2, 0.25) is 5.02 Å². The third kappa shape index (κ3) is 8.41. The van der Waals surface area contributed by atoms with Gasteiger partial charge in [-0.1, -0.05) is 48.9 Å². The molecule has 232 valence electrons. The molecular formula is C30H33ClF3N3O5S. The Balaban J connectivity index is 2.15. The van der Waals surface area contributed by atoms with Gasteiger partial charge in [0.15, 0.2) is 0 Å². The summed E-state index contributed by atoms with van der Waals surface area (Å²) in [5.74, 6) is -0.771. The first-order valence-electron chi connectivity index (χ1n) is 13.4. The number of carbonyl (C=O) groups is 2. The summed E-state index contributed by atoms with van der Waals surface area (Å²) in [6, 6.07) is 15.1. The molecule has 0 saturated carbocycles. The van der Waals surface area contributed by atoms with Crippen LogP contribution in [0, 0.1) is 0 Å². The van der Waals surface area contributed by atoms with Gasteiger partial charge in [-0.2, -0.15) is 13.2 Å². The number of halogens is 4. The summed E-state index contributed by atoms with van der Waals surface area (Å²) in [5, 5.41) is 2.15. The molecule has 1 atom stereocenters. The highest BCUT2D eigenvalue weighted by atomic mass is 35.5. The van der Waals surface area contributed by atoms with Crippen molar-refractivity contribution in [1.82, 2.24) is 10.2 Å². The van der Waals surface area contributed by atoms with Gasteiger partial charge >= 0.3 is 6.18 Å². The molecule has 0 bridgehead atoms. The van der Waals surface area contributed by atoms with Crippen molar-refractivity contribution in [3.8, 4) is 5.75 Å². The van der Waals surface area contributed by atoms with Gasteiger partial charge in [0.1, 0.15) is 18.3 Å². The van der Waals surface area contributed by atoms with Gasteiger partial charge in [0, 0.05) is 12.6 Å². The molecule has 0 spiro atoms. The molecule has 13 heteroatoms. The molecule has 0 aliphatic heterocycles. The summed E-state index contributed by atoms with van der Waals surface area (Å²) in [6.07, 6.45) is -4.71. The van der Waals surface area contributed by atoms with Crippen LogP contribution in [-0.2, 0) is 32.3 Å². The van der Waals surface area contributed by atoms with Crippen molar-refractivity contribution in [2.24, 2.45) is 0 Å². The molecule has 43 heavy (non-hydrogen) atoms. The maximum Gasteiger partial charge on any atom is 0.417 e. The number of anilines is 1. The predicted molar refractivity (Wildman–Crippen MR) is 158 cm³/mol. The molecule has 0 heterocycles. The minimum Gasteiger partial charge on any atom is -0.497 e. The lowest BCUT2D eigenvalue weighted by atomic mass is 10.1. The zero-order valence-electron chi connectivity index (χ0n) is 24.1. The van der Waals surface area contributed by atoms with E-state index in [0.29, 0.717) is 21.7 Å². The van der Waals surface area contributed by atoms with Gasteiger partial charge in [0.2, 0.25) is 11.8 Å². The molecule has 0 aromatic heterocycles. The smallest absolute Gasteiger partial charge is 0.417 e. The number of benzene rings is 3. The zero-order valence-corrected chi connectivity index (χ0v) is 25.6. The SMILES string of the molecule is CC[C@H](C(=O)NC(C)C)N(Cc1cccc(OC)c1)C(=O)CN(c1ccc(Cl)c(C(F)(F)F)c1)S(=O)(=O)c1ccccc1. The Bertz CT molecular complexity index is 1540. The summed E-state index contributed by atoms with van der Waals surface area (Å²) in [6.45, 7) is 4.21. The monoisotopic (exact) mass is 639 g/mol. The number of amides is 2.